The van der Waals surface area contributed by atoms with E-state index >= 15 is 0 Å². The molecule has 0 atom stereocenters. The lowest BCUT2D eigenvalue weighted by atomic mass is 10.0. The maximum atomic E-state index is 13.1. The van der Waals surface area contributed by atoms with Crippen LogP contribution in [0.1, 0.15) is 58.9 Å². The van der Waals surface area contributed by atoms with Gasteiger partial charge in [0.25, 0.3) is 11.8 Å². The number of rotatable bonds is 6. The van der Waals surface area contributed by atoms with Gasteiger partial charge < -0.3 is 10.6 Å². The van der Waals surface area contributed by atoms with Crippen molar-refractivity contribution in [3.63, 3.8) is 0 Å². The molecule has 1 fully saturated rings. The van der Waals surface area contributed by atoms with Gasteiger partial charge in [-0.1, -0.05) is 38.1 Å². The first kappa shape index (κ1) is 18.2. The molecular weight excluding hydrogens is 352 g/mol. The van der Waals surface area contributed by atoms with Gasteiger partial charge in [-0.25, -0.2) is 4.98 Å². The fourth-order valence-electron chi connectivity index (χ4n) is 3.42. The summed E-state index contributed by atoms with van der Waals surface area (Å²) in [5.41, 5.74) is 3.93. The molecule has 4 rings (SSSR count). The standard InChI is InChI=1S/C22H24N4O2/c1-3-14-8-7-9-15(4-2)18(14)25-22(28)20-24-19(21(27)23-16-11-12-16)17-10-5-6-13-26(17)20/h5-10,13,16H,3-4,11-12H2,1-2H3,(H,23,27)(H,25,28). The van der Waals surface area contributed by atoms with Crippen molar-refractivity contribution in [2.45, 2.75) is 45.6 Å². The number of hydrogen-bond acceptors (Lipinski definition) is 3. The van der Waals surface area contributed by atoms with E-state index in [0.29, 0.717) is 5.52 Å². The third kappa shape index (κ3) is 3.38. The summed E-state index contributed by atoms with van der Waals surface area (Å²) in [7, 11) is 0. The van der Waals surface area contributed by atoms with Gasteiger partial charge in [0.1, 0.15) is 0 Å². The van der Waals surface area contributed by atoms with Gasteiger partial charge in [-0.15, -0.1) is 0 Å². The van der Waals surface area contributed by atoms with E-state index in [1.54, 1.807) is 10.6 Å². The summed E-state index contributed by atoms with van der Waals surface area (Å²) in [6.07, 6.45) is 5.40. The second kappa shape index (κ2) is 7.46. The fraction of sp³-hybridized carbons (Fsp3) is 0.318. The van der Waals surface area contributed by atoms with Crippen molar-refractivity contribution in [2.24, 2.45) is 0 Å². The van der Waals surface area contributed by atoms with E-state index in [0.717, 1.165) is 42.5 Å². The molecule has 28 heavy (non-hydrogen) atoms. The van der Waals surface area contributed by atoms with E-state index in [1.165, 1.54) is 0 Å². The van der Waals surface area contributed by atoms with Crippen molar-refractivity contribution in [3.8, 4) is 0 Å². The third-order valence-electron chi connectivity index (χ3n) is 5.12. The molecule has 0 aliphatic heterocycles. The average Bonchev–Trinajstić information content (AvgIpc) is 3.44. The first-order valence-electron chi connectivity index (χ1n) is 9.82. The smallest absolute Gasteiger partial charge is 0.292 e. The van der Waals surface area contributed by atoms with Gasteiger partial charge in [-0.2, -0.15) is 0 Å². The first-order chi connectivity index (χ1) is 13.6. The van der Waals surface area contributed by atoms with Crippen LogP contribution in [0.15, 0.2) is 42.6 Å². The molecule has 6 heteroatoms. The van der Waals surface area contributed by atoms with Crippen LogP contribution in [-0.2, 0) is 12.8 Å². The van der Waals surface area contributed by atoms with Crippen molar-refractivity contribution in [2.75, 3.05) is 5.32 Å². The second-order valence-corrected chi connectivity index (χ2v) is 7.10. The summed E-state index contributed by atoms with van der Waals surface area (Å²) in [4.78, 5) is 30.1. The predicted molar refractivity (Wildman–Crippen MR) is 109 cm³/mol. The second-order valence-electron chi connectivity index (χ2n) is 7.10. The molecule has 2 amide bonds. The monoisotopic (exact) mass is 376 g/mol. The minimum atomic E-state index is -0.317. The van der Waals surface area contributed by atoms with E-state index in [4.69, 9.17) is 0 Å². The van der Waals surface area contributed by atoms with Gasteiger partial charge in [0, 0.05) is 17.9 Å². The van der Waals surface area contributed by atoms with E-state index in [-0.39, 0.29) is 29.4 Å². The van der Waals surface area contributed by atoms with Crippen LogP contribution >= 0.6 is 0 Å². The Bertz CT molecular complexity index is 1030. The number of pyridine rings is 1. The number of para-hydroxylation sites is 1. The lowest BCUT2D eigenvalue weighted by Gasteiger charge is -2.14. The Morgan fingerprint density at radius 2 is 1.75 bits per heavy atom. The zero-order valence-electron chi connectivity index (χ0n) is 16.2. The number of aryl methyl sites for hydroxylation is 2. The Hall–Kier alpha value is -3.15. The van der Waals surface area contributed by atoms with Crippen molar-refractivity contribution in [3.05, 3.63) is 65.2 Å². The van der Waals surface area contributed by atoms with Gasteiger partial charge in [-0.3, -0.25) is 14.0 Å². The number of imidazole rings is 1. The minimum Gasteiger partial charge on any atom is -0.348 e. The number of carbonyl (C=O) groups is 2. The lowest BCUT2D eigenvalue weighted by molar-refractivity contribution is 0.0948. The maximum Gasteiger partial charge on any atom is 0.292 e. The van der Waals surface area contributed by atoms with E-state index in [2.05, 4.69) is 29.5 Å². The number of anilines is 1. The topological polar surface area (TPSA) is 75.5 Å². The Labute approximate surface area is 164 Å². The van der Waals surface area contributed by atoms with Crippen molar-refractivity contribution in [1.29, 1.82) is 0 Å². The number of nitrogens with one attached hydrogen (secondary N) is 2. The summed E-state index contributed by atoms with van der Waals surface area (Å²) < 4.78 is 1.68. The predicted octanol–water partition coefficient (Wildman–Crippen LogP) is 3.60. The van der Waals surface area contributed by atoms with Crippen LogP contribution in [0.5, 0.6) is 0 Å². The number of nitrogens with zero attached hydrogens (tertiary/aromatic N) is 2. The molecule has 0 saturated heterocycles. The molecule has 3 aromatic rings. The number of carbonyl (C=O) groups excluding carboxylic acids is 2. The highest BCUT2D eigenvalue weighted by Crippen LogP contribution is 2.24. The summed E-state index contributed by atoms with van der Waals surface area (Å²) >= 11 is 0. The molecule has 0 radical (unpaired) electrons. The van der Waals surface area contributed by atoms with Crippen molar-refractivity contribution >= 4 is 23.0 Å². The van der Waals surface area contributed by atoms with Crippen LogP contribution in [0, 0.1) is 0 Å². The largest absolute Gasteiger partial charge is 0.348 e. The Morgan fingerprint density at radius 1 is 1.04 bits per heavy atom. The number of amides is 2. The minimum absolute atomic E-state index is 0.213. The van der Waals surface area contributed by atoms with E-state index in [9.17, 15) is 9.59 Å². The number of hydrogen-bond donors (Lipinski definition) is 2. The molecule has 1 aliphatic rings. The van der Waals surface area contributed by atoms with Gasteiger partial charge in [0.15, 0.2) is 5.69 Å². The van der Waals surface area contributed by atoms with Crippen molar-refractivity contribution in [1.82, 2.24) is 14.7 Å². The summed E-state index contributed by atoms with van der Waals surface area (Å²) in [5.74, 6) is -0.333. The molecular formula is C22H24N4O2. The quantitative estimate of drug-likeness (QED) is 0.690. The summed E-state index contributed by atoms with van der Waals surface area (Å²) in [5, 5.41) is 6.00. The number of fused-ring (bicyclic) bond motifs is 1. The zero-order chi connectivity index (χ0) is 19.7. The highest BCUT2D eigenvalue weighted by molar-refractivity contribution is 6.06. The van der Waals surface area contributed by atoms with Crippen LogP contribution in [-0.4, -0.2) is 27.2 Å². The molecule has 2 aromatic heterocycles. The summed E-state index contributed by atoms with van der Waals surface area (Å²) in [6, 6.07) is 11.8. The highest BCUT2D eigenvalue weighted by Gasteiger charge is 2.27. The van der Waals surface area contributed by atoms with Gasteiger partial charge >= 0.3 is 0 Å². The van der Waals surface area contributed by atoms with Gasteiger partial charge in [0.2, 0.25) is 5.82 Å². The number of aromatic nitrogens is 2. The Kier molecular flexibility index (Phi) is 4.86. The molecule has 0 unspecified atom stereocenters. The van der Waals surface area contributed by atoms with E-state index < -0.39 is 0 Å². The molecule has 1 aromatic carbocycles. The van der Waals surface area contributed by atoms with Gasteiger partial charge in [-0.05, 0) is 48.9 Å². The molecule has 2 heterocycles. The number of benzene rings is 1. The molecule has 2 N–H and O–H groups in total. The normalized spacial score (nSPS) is 13.5. The Balaban J connectivity index is 1.71. The highest BCUT2D eigenvalue weighted by atomic mass is 16.2. The summed E-state index contributed by atoms with van der Waals surface area (Å²) in [6.45, 7) is 4.13. The van der Waals surface area contributed by atoms with Crippen LogP contribution in [0.25, 0.3) is 5.52 Å². The zero-order valence-corrected chi connectivity index (χ0v) is 16.2. The molecule has 0 spiro atoms. The van der Waals surface area contributed by atoms with Gasteiger partial charge in [0.05, 0.1) is 5.52 Å². The molecule has 144 valence electrons. The molecule has 1 saturated carbocycles. The first-order valence-corrected chi connectivity index (χ1v) is 9.82. The molecule has 6 nitrogen and oxygen atoms in total. The SMILES string of the molecule is CCc1cccc(CC)c1NC(=O)c1nc(C(=O)NC2CC2)c2ccccn12. The van der Waals surface area contributed by atoms with Crippen molar-refractivity contribution < 1.29 is 9.59 Å². The third-order valence-corrected chi connectivity index (χ3v) is 5.12. The average molecular weight is 376 g/mol. The lowest BCUT2D eigenvalue weighted by Crippen LogP contribution is -2.26. The van der Waals surface area contributed by atoms with Crippen LogP contribution in [0.2, 0.25) is 0 Å². The maximum absolute atomic E-state index is 13.1. The van der Waals surface area contributed by atoms with Crippen LogP contribution in [0.3, 0.4) is 0 Å². The fourth-order valence-corrected chi connectivity index (χ4v) is 3.42. The van der Waals surface area contributed by atoms with Crippen LogP contribution in [0.4, 0.5) is 5.69 Å². The molecule has 0 bridgehead atoms. The van der Waals surface area contributed by atoms with Crippen LogP contribution < -0.4 is 10.6 Å². The molecule has 1 aliphatic carbocycles. The Morgan fingerprint density at radius 3 is 2.39 bits per heavy atom. The van der Waals surface area contributed by atoms with E-state index in [1.807, 2.05) is 36.4 Å².